The van der Waals surface area contributed by atoms with Crippen LogP contribution < -0.4 is 0 Å². The molecule has 1 saturated heterocycles. The Labute approximate surface area is 171 Å². The lowest BCUT2D eigenvalue weighted by Gasteiger charge is -2.35. The van der Waals surface area contributed by atoms with Crippen LogP contribution in [0.4, 0.5) is 0 Å². The zero-order valence-electron chi connectivity index (χ0n) is 16.4. The van der Waals surface area contributed by atoms with Crippen LogP contribution in [0.1, 0.15) is 11.1 Å². The molecule has 1 aliphatic rings. The van der Waals surface area contributed by atoms with Crippen LogP contribution in [0.2, 0.25) is 0 Å². The fourth-order valence-electron chi connectivity index (χ4n) is 3.83. The summed E-state index contributed by atoms with van der Waals surface area (Å²) in [5, 5.41) is 6.81. The molecule has 0 spiro atoms. The standard InChI is InChI=1S/C23H27N3OS/c1-24(15-19-9-14-28-18-19)23(27)17-26-12-10-25(11-13-26)16-21-7-4-6-20-5-2-3-8-22(20)21/h2-9,14,18H,10-13,15-17H2,1H3. The maximum Gasteiger partial charge on any atom is 0.236 e. The number of piperazine rings is 1. The summed E-state index contributed by atoms with van der Waals surface area (Å²) in [6.45, 7) is 6.09. The molecular weight excluding hydrogens is 366 g/mol. The third kappa shape index (κ3) is 4.61. The zero-order chi connectivity index (χ0) is 19.3. The molecule has 146 valence electrons. The van der Waals surface area contributed by atoms with Crippen LogP contribution in [-0.4, -0.2) is 60.4 Å². The molecule has 1 fully saturated rings. The molecule has 0 N–H and O–H groups in total. The average Bonchev–Trinajstić information content (AvgIpc) is 3.23. The van der Waals surface area contributed by atoms with Gasteiger partial charge < -0.3 is 4.90 Å². The molecule has 28 heavy (non-hydrogen) atoms. The van der Waals surface area contributed by atoms with Crippen molar-refractivity contribution < 1.29 is 4.79 Å². The summed E-state index contributed by atoms with van der Waals surface area (Å²) in [4.78, 5) is 19.1. The summed E-state index contributed by atoms with van der Waals surface area (Å²) in [6, 6.07) is 17.2. The Morgan fingerprint density at radius 3 is 2.54 bits per heavy atom. The molecule has 0 saturated carbocycles. The van der Waals surface area contributed by atoms with Gasteiger partial charge in [-0.2, -0.15) is 11.3 Å². The third-order valence-electron chi connectivity index (χ3n) is 5.52. The Kier molecular flexibility index (Phi) is 6.05. The maximum atomic E-state index is 12.5. The minimum Gasteiger partial charge on any atom is -0.340 e. The van der Waals surface area contributed by atoms with Crippen molar-refractivity contribution in [3.8, 4) is 0 Å². The van der Waals surface area contributed by atoms with Crippen LogP contribution in [0.25, 0.3) is 10.8 Å². The Morgan fingerprint density at radius 2 is 1.75 bits per heavy atom. The summed E-state index contributed by atoms with van der Waals surface area (Å²) in [7, 11) is 1.90. The normalized spacial score (nSPS) is 15.8. The highest BCUT2D eigenvalue weighted by Gasteiger charge is 2.21. The third-order valence-corrected chi connectivity index (χ3v) is 6.26. The largest absolute Gasteiger partial charge is 0.340 e. The lowest BCUT2D eigenvalue weighted by Crippen LogP contribution is -2.49. The van der Waals surface area contributed by atoms with Gasteiger partial charge in [0.25, 0.3) is 0 Å². The minimum atomic E-state index is 0.203. The van der Waals surface area contributed by atoms with Crippen LogP contribution in [0.15, 0.2) is 59.3 Å². The summed E-state index contributed by atoms with van der Waals surface area (Å²) in [6.07, 6.45) is 0. The van der Waals surface area contributed by atoms with Gasteiger partial charge in [-0.25, -0.2) is 0 Å². The van der Waals surface area contributed by atoms with Crippen LogP contribution >= 0.6 is 11.3 Å². The van der Waals surface area contributed by atoms with Gasteiger partial charge in [-0.05, 0) is 38.7 Å². The van der Waals surface area contributed by atoms with Gasteiger partial charge in [-0.3, -0.25) is 14.6 Å². The Bertz CT molecular complexity index is 911. The molecule has 0 atom stereocenters. The van der Waals surface area contributed by atoms with E-state index in [2.05, 4.69) is 69.1 Å². The molecule has 4 nitrogen and oxygen atoms in total. The molecule has 1 amide bonds. The smallest absolute Gasteiger partial charge is 0.236 e. The van der Waals surface area contributed by atoms with E-state index in [4.69, 9.17) is 0 Å². The first-order valence-electron chi connectivity index (χ1n) is 9.85. The van der Waals surface area contributed by atoms with Crippen molar-refractivity contribution in [2.75, 3.05) is 39.8 Å². The van der Waals surface area contributed by atoms with Crippen molar-refractivity contribution in [3.63, 3.8) is 0 Å². The van der Waals surface area contributed by atoms with Gasteiger partial charge >= 0.3 is 0 Å². The van der Waals surface area contributed by atoms with E-state index in [9.17, 15) is 4.79 Å². The van der Waals surface area contributed by atoms with Gasteiger partial charge in [0.2, 0.25) is 5.91 Å². The van der Waals surface area contributed by atoms with Gasteiger partial charge in [0, 0.05) is 46.3 Å². The van der Waals surface area contributed by atoms with Crippen molar-refractivity contribution in [1.29, 1.82) is 0 Å². The number of benzene rings is 2. The fraction of sp³-hybridized carbons (Fsp3) is 0.348. The first-order valence-corrected chi connectivity index (χ1v) is 10.8. The van der Waals surface area contributed by atoms with E-state index < -0.39 is 0 Å². The first-order chi connectivity index (χ1) is 13.7. The highest BCUT2D eigenvalue weighted by Crippen LogP contribution is 2.20. The van der Waals surface area contributed by atoms with Crippen molar-refractivity contribution in [3.05, 3.63) is 70.4 Å². The number of carbonyl (C=O) groups excluding carboxylic acids is 1. The summed E-state index contributed by atoms with van der Waals surface area (Å²) >= 11 is 1.68. The number of amides is 1. The van der Waals surface area contributed by atoms with Gasteiger partial charge in [0.1, 0.15) is 0 Å². The van der Waals surface area contributed by atoms with Gasteiger partial charge in [-0.1, -0.05) is 42.5 Å². The van der Waals surface area contributed by atoms with Gasteiger partial charge in [0.05, 0.1) is 6.54 Å². The predicted octanol–water partition coefficient (Wildman–Crippen LogP) is 3.68. The van der Waals surface area contributed by atoms with Crippen molar-refractivity contribution in [2.24, 2.45) is 0 Å². The van der Waals surface area contributed by atoms with Crippen molar-refractivity contribution >= 4 is 28.0 Å². The van der Waals surface area contributed by atoms with E-state index in [1.807, 2.05) is 11.9 Å². The minimum absolute atomic E-state index is 0.203. The number of carbonyl (C=O) groups is 1. The van der Waals surface area contributed by atoms with Crippen LogP contribution in [-0.2, 0) is 17.9 Å². The lowest BCUT2D eigenvalue weighted by molar-refractivity contribution is -0.132. The lowest BCUT2D eigenvalue weighted by atomic mass is 10.0. The topological polar surface area (TPSA) is 26.8 Å². The van der Waals surface area contributed by atoms with E-state index in [1.54, 1.807) is 11.3 Å². The summed E-state index contributed by atoms with van der Waals surface area (Å²) < 4.78 is 0. The fourth-order valence-corrected chi connectivity index (χ4v) is 4.49. The van der Waals surface area contributed by atoms with E-state index >= 15 is 0 Å². The molecule has 3 aromatic rings. The number of hydrogen-bond donors (Lipinski definition) is 0. The van der Waals surface area contributed by atoms with Gasteiger partial charge in [0.15, 0.2) is 0 Å². The number of rotatable bonds is 6. The molecule has 0 aliphatic carbocycles. The summed E-state index contributed by atoms with van der Waals surface area (Å²) in [5.74, 6) is 0.203. The second-order valence-electron chi connectivity index (χ2n) is 7.57. The molecule has 4 rings (SSSR count). The highest BCUT2D eigenvalue weighted by atomic mass is 32.1. The van der Waals surface area contributed by atoms with Crippen molar-refractivity contribution in [1.82, 2.24) is 14.7 Å². The summed E-state index contributed by atoms with van der Waals surface area (Å²) in [5.41, 5.74) is 2.60. The van der Waals surface area contributed by atoms with Crippen molar-refractivity contribution in [2.45, 2.75) is 13.1 Å². The molecule has 0 bridgehead atoms. The van der Waals surface area contributed by atoms with Gasteiger partial charge in [-0.15, -0.1) is 0 Å². The molecular formula is C23H27N3OS. The Morgan fingerprint density at radius 1 is 1.00 bits per heavy atom. The maximum absolute atomic E-state index is 12.5. The number of likely N-dealkylation sites (N-methyl/N-ethyl adjacent to an activating group) is 1. The van der Waals surface area contributed by atoms with E-state index in [-0.39, 0.29) is 5.91 Å². The highest BCUT2D eigenvalue weighted by molar-refractivity contribution is 7.07. The molecule has 2 aromatic carbocycles. The average molecular weight is 394 g/mol. The number of fused-ring (bicyclic) bond motifs is 1. The number of nitrogens with zero attached hydrogens (tertiary/aromatic N) is 3. The molecule has 0 radical (unpaired) electrons. The molecule has 2 heterocycles. The van der Waals surface area contributed by atoms with E-state index in [0.717, 1.165) is 32.7 Å². The monoisotopic (exact) mass is 393 g/mol. The predicted molar refractivity (Wildman–Crippen MR) is 116 cm³/mol. The SMILES string of the molecule is CN(Cc1ccsc1)C(=O)CN1CCN(Cc2cccc3ccccc23)CC1. The van der Waals surface area contributed by atoms with Crippen LogP contribution in [0.5, 0.6) is 0 Å². The molecule has 1 aromatic heterocycles. The number of hydrogen-bond acceptors (Lipinski definition) is 4. The molecule has 5 heteroatoms. The quantitative estimate of drug-likeness (QED) is 0.639. The number of thiophene rings is 1. The second kappa shape index (κ2) is 8.86. The Hall–Kier alpha value is -2.21. The zero-order valence-corrected chi connectivity index (χ0v) is 17.2. The Balaban J connectivity index is 1.28. The van der Waals surface area contributed by atoms with E-state index in [0.29, 0.717) is 13.1 Å². The first kappa shape index (κ1) is 19.1. The molecule has 1 aliphatic heterocycles. The van der Waals surface area contributed by atoms with Crippen LogP contribution in [0.3, 0.4) is 0 Å². The second-order valence-corrected chi connectivity index (χ2v) is 8.35. The van der Waals surface area contributed by atoms with Crippen LogP contribution in [0, 0.1) is 0 Å². The van der Waals surface area contributed by atoms with E-state index in [1.165, 1.54) is 21.9 Å². The molecule has 0 unspecified atom stereocenters.